The maximum absolute atomic E-state index is 13.4. The van der Waals surface area contributed by atoms with E-state index in [1.807, 2.05) is 0 Å². The molecule has 0 saturated heterocycles. The smallest absolute Gasteiger partial charge is 0.266 e. The number of fused-ring (bicyclic) bond motifs is 2. The van der Waals surface area contributed by atoms with Gasteiger partial charge in [-0.3, -0.25) is 14.2 Å². The van der Waals surface area contributed by atoms with Gasteiger partial charge in [0.2, 0.25) is 0 Å². The lowest BCUT2D eigenvalue weighted by molar-refractivity contribution is 0.103. The molecule has 140 valence electrons. The van der Waals surface area contributed by atoms with Crippen molar-refractivity contribution in [2.24, 2.45) is 0 Å². The highest BCUT2D eigenvalue weighted by Gasteiger charge is 2.22. The molecule has 3 aromatic rings. The van der Waals surface area contributed by atoms with Crippen LogP contribution in [0.15, 0.2) is 23.0 Å². The highest BCUT2D eigenvalue weighted by atomic mass is 32.1. The first kappa shape index (κ1) is 17.8. The highest BCUT2D eigenvalue weighted by Crippen LogP contribution is 2.29. The Morgan fingerprint density at radius 2 is 2.04 bits per heavy atom. The molecule has 8 heteroatoms. The van der Waals surface area contributed by atoms with Gasteiger partial charge in [-0.05, 0) is 37.5 Å². The number of aromatic nitrogens is 2. The fourth-order valence-corrected chi connectivity index (χ4v) is 4.47. The molecule has 0 bridgehead atoms. The average molecular weight is 389 g/mol. The Morgan fingerprint density at radius 1 is 1.22 bits per heavy atom. The van der Waals surface area contributed by atoms with Crippen molar-refractivity contribution in [1.29, 1.82) is 0 Å². The normalized spacial score (nSPS) is 14.0. The molecule has 0 fully saturated rings. The Balaban J connectivity index is 1.75. The standard InChI is InChI=1S/C19H17F2N3O2S/c1-10-15-18(23-14-5-3-2-4-8-24(14)19(15)26)27-16(10)17(25)22-11-6-7-12(20)13(21)9-11/h6-7,9H,2-5,8H2,1H3,(H,22,25). The zero-order valence-corrected chi connectivity index (χ0v) is 15.5. The maximum atomic E-state index is 13.4. The third-order valence-electron chi connectivity index (χ3n) is 4.80. The van der Waals surface area contributed by atoms with Crippen LogP contribution >= 0.6 is 11.3 Å². The minimum atomic E-state index is -1.04. The van der Waals surface area contributed by atoms with Crippen molar-refractivity contribution >= 4 is 33.1 Å². The van der Waals surface area contributed by atoms with Gasteiger partial charge in [-0.25, -0.2) is 13.8 Å². The van der Waals surface area contributed by atoms with Gasteiger partial charge in [0, 0.05) is 24.7 Å². The zero-order chi connectivity index (χ0) is 19.1. The summed E-state index contributed by atoms with van der Waals surface area (Å²) in [6, 6.07) is 3.16. The summed E-state index contributed by atoms with van der Waals surface area (Å²) in [6.45, 7) is 2.36. The number of carbonyl (C=O) groups is 1. The van der Waals surface area contributed by atoms with E-state index in [0.717, 1.165) is 55.0 Å². The zero-order valence-electron chi connectivity index (χ0n) is 14.6. The summed E-state index contributed by atoms with van der Waals surface area (Å²) in [5.74, 6) is -1.73. The van der Waals surface area contributed by atoms with Gasteiger partial charge >= 0.3 is 0 Å². The van der Waals surface area contributed by atoms with Crippen molar-refractivity contribution in [2.45, 2.75) is 39.2 Å². The number of halogens is 2. The SMILES string of the molecule is Cc1c(C(=O)Nc2ccc(F)c(F)c2)sc2nc3n(c(=O)c12)CCCCC3. The van der Waals surface area contributed by atoms with Crippen LogP contribution < -0.4 is 10.9 Å². The lowest BCUT2D eigenvalue weighted by atomic mass is 10.2. The predicted octanol–water partition coefficient (Wildman–Crippen LogP) is 4.02. The van der Waals surface area contributed by atoms with E-state index in [1.54, 1.807) is 11.5 Å². The molecular weight excluding hydrogens is 372 g/mol. The fourth-order valence-electron chi connectivity index (χ4n) is 3.39. The van der Waals surface area contributed by atoms with Crippen LogP contribution in [0.2, 0.25) is 0 Å². The molecular formula is C19H17F2N3O2S. The minimum absolute atomic E-state index is 0.113. The van der Waals surface area contributed by atoms with Gasteiger partial charge in [-0.1, -0.05) is 6.42 Å². The van der Waals surface area contributed by atoms with E-state index in [9.17, 15) is 18.4 Å². The summed E-state index contributed by atoms with van der Waals surface area (Å²) in [4.78, 5) is 31.1. The summed E-state index contributed by atoms with van der Waals surface area (Å²) in [5, 5.41) is 3.01. The van der Waals surface area contributed by atoms with Crippen LogP contribution in [0.5, 0.6) is 0 Å². The number of carbonyl (C=O) groups excluding carboxylic acids is 1. The first-order chi connectivity index (χ1) is 13.0. The minimum Gasteiger partial charge on any atom is -0.321 e. The van der Waals surface area contributed by atoms with E-state index >= 15 is 0 Å². The molecule has 27 heavy (non-hydrogen) atoms. The summed E-state index contributed by atoms with van der Waals surface area (Å²) >= 11 is 1.15. The Kier molecular flexibility index (Phi) is 4.51. The Hall–Kier alpha value is -2.61. The third kappa shape index (κ3) is 3.14. The van der Waals surface area contributed by atoms with E-state index in [2.05, 4.69) is 10.3 Å². The Labute approximate surface area is 157 Å². The topological polar surface area (TPSA) is 64.0 Å². The molecule has 1 aromatic carbocycles. The first-order valence-corrected chi connectivity index (χ1v) is 9.56. The van der Waals surface area contributed by atoms with E-state index in [4.69, 9.17) is 0 Å². The molecule has 0 aliphatic carbocycles. The number of nitrogens with one attached hydrogen (secondary N) is 1. The van der Waals surface area contributed by atoms with Crippen LogP contribution in [0.25, 0.3) is 10.2 Å². The number of thiophene rings is 1. The second-order valence-corrected chi connectivity index (χ2v) is 7.61. The summed E-state index contributed by atoms with van der Waals surface area (Å²) in [6.07, 6.45) is 3.74. The van der Waals surface area contributed by atoms with Crippen molar-refractivity contribution in [3.8, 4) is 0 Å². The van der Waals surface area contributed by atoms with E-state index in [1.165, 1.54) is 6.07 Å². The molecule has 0 spiro atoms. The fraction of sp³-hybridized carbons (Fsp3) is 0.316. The van der Waals surface area contributed by atoms with E-state index < -0.39 is 17.5 Å². The number of anilines is 1. The Bertz CT molecular complexity index is 1120. The van der Waals surface area contributed by atoms with E-state index in [-0.39, 0.29) is 11.2 Å². The second kappa shape index (κ2) is 6.84. The number of rotatable bonds is 2. The quantitative estimate of drug-likeness (QED) is 0.720. The molecule has 1 amide bonds. The monoisotopic (exact) mass is 389 g/mol. The molecule has 0 unspecified atom stereocenters. The van der Waals surface area contributed by atoms with Crippen LogP contribution in [0.1, 0.15) is 40.3 Å². The van der Waals surface area contributed by atoms with Crippen molar-refractivity contribution in [3.63, 3.8) is 0 Å². The molecule has 0 radical (unpaired) electrons. The van der Waals surface area contributed by atoms with Crippen LogP contribution in [0.3, 0.4) is 0 Å². The molecule has 2 aromatic heterocycles. The van der Waals surface area contributed by atoms with Gasteiger partial charge in [0.1, 0.15) is 10.7 Å². The first-order valence-electron chi connectivity index (χ1n) is 8.75. The molecule has 1 N–H and O–H groups in total. The number of hydrogen-bond acceptors (Lipinski definition) is 4. The van der Waals surface area contributed by atoms with Crippen molar-refractivity contribution in [2.75, 3.05) is 5.32 Å². The molecule has 1 aliphatic heterocycles. The number of aryl methyl sites for hydroxylation is 2. The molecule has 3 heterocycles. The highest BCUT2D eigenvalue weighted by molar-refractivity contribution is 7.20. The third-order valence-corrected chi connectivity index (χ3v) is 5.98. The van der Waals surface area contributed by atoms with Gasteiger partial charge in [0.15, 0.2) is 11.6 Å². The van der Waals surface area contributed by atoms with Crippen molar-refractivity contribution in [1.82, 2.24) is 9.55 Å². The van der Waals surface area contributed by atoms with Crippen LogP contribution in [0.4, 0.5) is 14.5 Å². The summed E-state index contributed by atoms with van der Waals surface area (Å²) in [7, 11) is 0. The number of amides is 1. The van der Waals surface area contributed by atoms with Gasteiger partial charge in [-0.15, -0.1) is 11.3 Å². The summed E-state index contributed by atoms with van der Waals surface area (Å²) in [5.41, 5.74) is 0.598. The van der Waals surface area contributed by atoms with E-state index in [0.29, 0.717) is 27.2 Å². The van der Waals surface area contributed by atoms with Gasteiger partial charge in [0.05, 0.1) is 10.3 Å². The summed E-state index contributed by atoms with van der Waals surface area (Å²) < 4.78 is 28.1. The molecule has 5 nitrogen and oxygen atoms in total. The van der Waals surface area contributed by atoms with Crippen LogP contribution in [0, 0.1) is 18.6 Å². The largest absolute Gasteiger partial charge is 0.321 e. The predicted molar refractivity (Wildman–Crippen MR) is 100 cm³/mol. The number of benzene rings is 1. The lowest BCUT2D eigenvalue weighted by Crippen LogP contribution is -2.24. The molecule has 4 rings (SSSR count). The maximum Gasteiger partial charge on any atom is 0.266 e. The number of hydrogen-bond donors (Lipinski definition) is 1. The lowest BCUT2D eigenvalue weighted by Gasteiger charge is -2.08. The van der Waals surface area contributed by atoms with Crippen molar-refractivity contribution < 1.29 is 13.6 Å². The van der Waals surface area contributed by atoms with Crippen LogP contribution in [-0.2, 0) is 13.0 Å². The molecule has 0 atom stereocenters. The van der Waals surface area contributed by atoms with Crippen molar-refractivity contribution in [3.05, 3.63) is 56.5 Å². The molecule has 1 aliphatic rings. The van der Waals surface area contributed by atoms with Crippen LogP contribution in [-0.4, -0.2) is 15.5 Å². The average Bonchev–Trinajstić information content (AvgIpc) is 2.80. The Morgan fingerprint density at radius 3 is 2.81 bits per heavy atom. The van der Waals surface area contributed by atoms with Gasteiger partial charge in [-0.2, -0.15) is 0 Å². The van der Waals surface area contributed by atoms with Gasteiger partial charge < -0.3 is 5.32 Å². The number of nitrogens with zero attached hydrogens (tertiary/aromatic N) is 2. The second-order valence-electron chi connectivity index (χ2n) is 6.61. The van der Waals surface area contributed by atoms with Gasteiger partial charge in [0.25, 0.3) is 11.5 Å². The molecule has 0 saturated carbocycles.